The Kier molecular flexibility index (Phi) is 3.54. The minimum Gasteiger partial charge on any atom is -0.257 e. The van der Waals surface area contributed by atoms with Gasteiger partial charge in [-0.1, -0.05) is 17.7 Å². The second-order valence-corrected chi connectivity index (χ2v) is 3.34. The molecule has 0 spiro atoms. The van der Waals surface area contributed by atoms with Gasteiger partial charge in [0.1, 0.15) is 5.15 Å². The molecule has 60 valence electrons. The van der Waals surface area contributed by atoms with Gasteiger partial charge in [0.25, 0.3) is 0 Å². The van der Waals surface area contributed by atoms with Gasteiger partial charge in [0.15, 0.2) is 0 Å². The van der Waals surface area contributed by atoms with E-state index in [1.807, 2.05) is 13.0 Å². The van der Waals surface area contributed by atoms with Gasteiger partial charge in [-0.15, -0.1) is 0 Å². The molecule has 0 atom stereocenters. The van der Waals surface area contributed by atoms with Crippen molar-refractivity contribution in [1.82, 2.24) is 8.51 Å². The third kappa shape index (κ3) is 2.57. The Morgan fingerprint density at radius 2 is 2.36 bits per heavy atom. The molecule has 0 aliphatic carbocycles. The highest BCUT2D eigenvalue weighted by molar-refractivity contribution is 14.1. The molecule has 0 saturated carbocycles. The summed E-state index contributed by atoms with van der Waals surface area (Å²) in [6.07, 6.45) is 0. The predicted octanol–water partition coefficient (Wildman–Crippen LogP) is 2.48. The first kappa shape index (κ1) is 9.22. The maximum Gasteiger partial charge on any atom is 0.129 e. The Labute approximate surface area is 84.9 Å². The summed E-state index contributed by atoms with van der Waals surface area (Å²) in [7, 11) is 0. The number of hydrogen-bond donors (Lipinski definition) is 1. The van der Waals surface area contributed by atoms with E-state index in [2.05, 4.69) is 31.4 Å². The van der Waals surface area contributed by atoms with Crippen LogP contribution in [0.15, 0.2) is 12.1 Å². The van der Waals surface area contributed by atoms with Gasteiger partial charge in [-0.2, -0.15) is 0 Å². The lowest BCUT2D eigenvalue weighted by Gasteiger charge is -2.02. The molecule has 1 N–H and O–H groups in total. The van der Waals surface area contributed by atoms with Crippen molar-refractivity contribution in [2.24, 2.45) is 0 Å². The Morgan fingerprint density at radius 3 is 2.91 bits per heavy atom. The van der Waals surface area contributed by atoms with E-state index >= 15 is 0 Å². The zero-order valence-electron chi connectivity index (χ0n) is 6.06. The molecule has 1 aromatic rings. The fourth-order valence-corrected chi connectivity index (χ4v) is 1.42. The minimum absolute atomic E-state index is 0.555. The van der Waals surface area contributed by atoms with Crippen LogP contribution >= 0.6 is 34.5 Å². The highest BCUT2D eigenvalue weighted by Crippen LogP contribution is 2.10. The number of rotatable bonds is 2. The molecule has 1 aromatic heterocycles. The van der Waals surface area contributed by atoms with E-state index in [9.17, 15) is 0 Å². The van der Waals surface area contributed by atoms with Crippen molar-refractivity contribution in [3.05, 3.63) is 28.5 Å². The maximum atomic E-state index is 5.68. The monoisotopic (exact) mass is 282 g/mol. The quantitative estimate of drug-likeness (QED) is 0.512. The van der Waals surface area contributed by atoms with Crippen molar-refractivity contribution >= 4 is 34.5 Å². The normalized spacial score (nSPS) is 10.1. The van der Waals surface area contributed by atoms with E-state index in [0.29, 0.717) is 5.15 Å². The van der Waals surface area contributed by atoms with Crippen LogP contribution < -0.4 is 3.53 Å². The molecular formula is C7H8ClIN2. The zero-order valence-corrected chi connectivity index (χ0v) is 8.98. The Balaban J connectivity index is 2.90. The summed E-state index contributed by atoms with van der Waals surface area (Å²) in [5.41, 5.74) is 2.17. The number of aromatic nitrogens is 1. The maximum absolute atomic E-state index is 5.68. The molecule has 0 aliphatic rings. The highest BCUT2D eigenvalue weighted by Gasteiger charge is 1.98. The largest absolute Gasteiger partial charge is 0.257 e. The van der Waals surface area contributed by atoms with Crippen molar-refractivity contribution < 1.29 is 0 Å². The Hall–Kier alpha value is 0.130. The first-order chi connectivity index (χ1) is 5.24. The zero-order chi connectivity index (χ0) is 8.27. The van der Waals surface area contributed by atoms with E-state index in [-0.39, 0.29) is 0 Å². The standard InChI is InChI=1S/C7H8ClIN2/c1-5-6(4-10-9)2-3-7(8)11-5/h2-3,10H,4H2,1H3. The lowest BCUT2D eigenvalue weighted by atomic mass is 10.2. The fourth-order valence-electron chi connectivity index (χ4n) is 0.818. The van der Waals surface area contributed by atoms with Crippen LogP contribution in [-0.4, -0.2) is 4.98 Å². The SMILES string of the molecule is Cc1nc(Cl)ccc1CNI. The molecule has 0 amide bonds. The van der Waals surface area contributed by atoms with Gasteiger partial charge in [-0.3, -0.25) is 3.53 Å². The molecule has 1 rings (SSSR count). The van der Waals surface area contributed by atoms with E-state index in [0.717, 1.165) is 12.2 Å². The van der Waals surface area contributed by atoms with Crippen LogP contribution in [-0.2, 0) is 6.54 Å². The summed E-state index contributed by atoms with van der Waals surface area (Å²) < 4.78 is 3.03. The summed E-state index contributed by atoms with van der Waals surface area (Å²) in [6.45, 7) is 2.78. The van der Waals surface area contributed by atoms with Gasteiger partial charge in [0.05, 0.1) is 0 Å². The molecule has 0 fully saturated rings. The number of hydrogen-bond acceptors (Lipinski definition) is 2. The van der Waals surface area contributed by atoms with Crippen molar-refractivity contribution in [2.45, 2.75) is 13.5 Å². The third-order valence-corrected chi connectivity index (χ3v) is 2.01. The number of pyridine rings is 1. The van der Waals surface area contributed by atoms with Crippen molar-refractivity contribution in [3.8, 4) is 0 Å². The van der Waals surface area contributed by atoms with Gasteiger partial charge in [-0.05, 0) is 18.6 Å². The molecule has 0 unspecified atom stereocenters. The van der Waals surface area contributed by atoms with E-state index in [1.165, 1.54) is 5.56 Å². The summed E-state index contributed by atoms with van der Waals surface area (Å²) in [6, 6.07) is 3.79. The molecular weight excluding hydrogens is 274 g/mol. The first-order valence-corrected chi connectivity index (χ1v) is 4.65. The van der Waals surface area contributed by atoms with Gasteiger partial charge in [0.2, 0.25) is 0 Å². The Morgan fingerprint density at radius 1 is 1.64 bits per heavy atom. The van der Waals surface area contributed by atoms with Gasteiger partial charge in [-0.25, -0.2) is 4.98 Å². The first-order valence-electron chi connectivity index (χ1n) is 3.19. The van der Waals surface area contributed by atoms with E-state index < -0.39 is 0 Å². The number of aryl methyl sites for hydroxylation is 1. The van der Waals surface area contributed by atoms with E-state index in [1.54, 1.807) is 6.07 Å². The van der Waals surface area contributed by atoms with Crippen LogP contribution in [0.25, 0.3) is 0 Å². The average molecular weight is 283 g/mol. The van der Waals surface area contributed by atoms with Crippen LogP contribution in [0.1, 0.15) is 11.3 Å². The summed E-state index contributed by atoms with van der Waals surface area (Å²) in [4.78, 5) is 4.11. The third-order valence-electron chi connectivity index (χ3n) is 1.42. The van der Waals surface area contributed by atoms with Crippen LogP contribution in [0.4, 0.5) is 0 Å². The molecule has 0 aromatic carbocycles. The van der Waals surface area contributed by atoms with Crippen LogP contribution in [0, 0.1) is 6.92 Å². The summed E-state index contributed by atoms with van der Waals surface area (Å²) in [5, 5.41) is 0.555. The lowest BCUT2D eigenvalue weighted by molar-refractivity contribution is 0.969. The smallest absolute Gasteiger partial charge is 0.129 e. The van der Waals surface area contributed by atoms with Crippen LogP contribution in [0.2, 0.25) is 5.15 Å². The molecule has 11 heavy (non-hydrogen) atoms. The number of nitrogens with zero attached hydrogens (tertiary/aromatic N) is 1. The summed E-state index contributed by atoms with van der Waals surface area (Å²) in [5.74, 6) is 0. The average Bonchev–Trinajstić information content (AvgIpc) is 1.95. The topological polar surface area (TPSA) is 24.9 Å². The summed E-state index contributed by atoms with van der Waals surface area (Å²) >= 11 is 7.79. The van der Waals surface area contributed by atoms with Crippen molar-refractivity contribution in [2.75, 3.05) is 0 Å². The van der Waals surface area contributed by atoms with Gasteiger partial charge >= 0.3 is 0 Å². The molecule has 1 heterocycles. The second-order valence-electron chi connectivity index (χ2n) is 2.19. The number of halogens is 2. The highest BCUT2D eigenvalue weighted by atomic mass is 127. The minimum atomic E-state index is 0.555. The molecule has 0 saturated heterocycles. The van der Waals surface area contributed by atoms with Crippen molar-refractivity contribution in [1.29, 1.82) is 0 Å². The Bertz CT molecular complexity index is 252. The lowest BCUT2D eigenvalue weighted by Crippen LogP contribution is -2.01. The number of nitrogens with one attached hydrogen (secondary N) is 1. The van der Waals surface area contributed by atoms with Crippen molar-refractivity contribution in [3.63, 3.8) is 0 Å². The molecule has 0 bridgehead atoms. The molecule has 0 radical (unpaired) electrons. The molecule has 2 nitrogen and oxygen atoms in total. The second kappa shape index (κ2) is 4.23. The van der Waals surface area contributed by atoms with Gasteiger partial charge < -0.3 is 0 Å². The fraction of sp³-hybridized carbons (Fsp3) is 0.286. The van der Waals surface area contributed by atoms with E-state index in [4.69, 9.17) is 11.6 Å². The van der Waals surface area contributed by atoms with Crippen LogP contribution in [0.3, 0.4) is 0 Å². The molecule has 0 aliphatic heterocycles. The predicted molar refractivity (Wildman–Crippen MR) is 54.8 cm³/mol. The molecule has 4 heteroatoms. The van der Waals surface area contributed by atoms with Gasteiger partial charge in [0, 0.05) is 35.1 Å². The van der Waals surface area contributed by atoms with Crippen LogP contribution in [0.5, 0.6) is 0 Å².